The van der Waals surface area contributed by atoms with E-state index >= 15 is 0 Å². The molecule has 0 unspecified atom stereocenters. The summed E-state index contributed by atoms with van der Waals surface area (Å²) in [5, 5.41) is 0.856. The fourth-order valence-electron chi connectivity index (χ4n) is 5.27. The lowest BCUT2D eigenvalue weighted by Crippen LogP contribution is -2.54. The van der Waals surface area contributed by atoms with Crippen molar-refractivity contribution in [2.45, 2.75) is 44.6 Å². The van der Waals surface area contributed by atoms with Crippen molar-refractivity contribution >= 4 is 28.4 Å². The average molecular weight is 627 g/mol. The van der Waals surface area contributed by atoms with Gasteiger partial charge in [0.2, 0.25) is 0 Å². The number of fused-ring (bicyclic) bond motifs is 1. The Morgan fingerprint density at radius 1 is 1.05 bits per heavy atom. The molecular formula is C32H30ClF3N4O4. The second-order valence-electron chi connectivity index (χ2n) is 11.1. The topological polar surface area (TPSA) is 76.9 Å². The van der Waals surface area contributed by atoms with Gasteiger partial charge < -0.3 is 14.4 Å². The lowest BCUT2D eigenvalue weighted by molar-refractivity contribution is -0.138. The molecule has 1 aliphatic carbocycles. The number of piperazine rings is 1. The van der Waals surface area contributed by atoms with Gasteiger partial charge in [-0.3, -0.25) is 19.1 Å². The number of amides is 1. The second kappa shape index (κ2) is 12.1. The molecule has 1 aromatic heterocycles. The van der Waals surface area contributed by atoms with Crippen molar-refractivity contribution in [2.24, 2.45) is 0 Å². The third kappa shape index (κ3) is 6.53. The summed E-state index contributed by atoms with van der Waals surface area (Å²) in [6.45, 7) is 3.27. The number of carbonyl (C=O) groups excluding carboxylic acids is 1. The molecule has 44 heavy (non-hydrogen) atoms. The summed E-state index contributed by atoms with van der Waals surface area (Å²) in [7, 11) is 0. The Morgan fingerprint density at radius 2 is 1.80 bits per heavy atom. The van der Waals surface area contributed by atoms with Crippen LogP contribution in [0.25, 0.3) is 16.6 Å². The molecule has 230 valence electrons. The van der Waals surface area contributed by atoms with Crippen molar-refractivity contribution in [3.8, 4) is 17.2 Å². The van der Waals surface area contributed by atoms with Gasteiger partial charge in [0.15, 0.2) is 6.61 Å². The zero-order valence-electron chi connectivity index (χ0n) is 23.9. The van der Waals surface area contributed by atoms with Crippen LogP contribution in [0.15, 0.2) is 71.5 Å². The molecule has 1 atom stereocenters. The second-order valence-corrected chi connectivity index (χ2v) is 11.5. The zero-order valence-corrected chi connectivity index (χ0v) is 24.6. The van der Waals surface area contributed by atoms with Gasteiger partial charge in [-0.1, -0.05) is 23.7 Å². The molecule has 6 rings (SSSR count). The lowest BCUT2D eigenvalue weighted by Gasteiger charge is -2.39. The Bertz CT molecular complexity index is 1740. The quantitative estimate of drug-likeness (QED) is 0.249. The molecule has 2 heterocycles. The lowest BCUT2D eigenvalue weighted by atomic mass is 10.1. The van der Waals surface area contributed by atoms with Crippen LogP contribution in [0.2, 0.25) is 5.02 Å². The summed E-state index contributed by atoms with van der Waals surface area (Å²) in [5.41, 5.74) is -0.915. The number of para-hydroxylation sites is 1. The number of aromatic nitrogens is 2. The Morgan fingerprint density at radius 3 is 2.50 bits per heavy atom. The van der Waals surface area contributed by atoms with Crippen LogP contribution in [-0.4, -0.2) is 63.6 Å². The van der Waals surface area contributed by atoms with E-state index in [-0.39, 0.29) is 53.9 Å². The van der Waals surface area contributed by atoms with Gasteiger partial charge in [0.25, 0.3) is 11.5 Å². The molecule has 12 heteroatoms. The number of nitrogens with zero attached hydrogens (tertiary/aromatic N) is 4. The highest BCUT2D eigenvalue weighted by Gasteiger charge is 2.34. The van der Waals surface area contributed by atoms with Gasteiger partial charge in [-0.25, -0.2) is 4.98 Å². The molecule has 0 radical (unpaired) electrons. The first-order chi connectivity index (χ1) is 21.1. The van der Waals surface area contributed by atoms with E-state index < -0.39 is 17.3 Å². The van der Waals surface area contributed by atoms with Gasteiger partial charge in [-0.15, -0.1) is 0 Å². The van der Waals surface area contributed by atoms with Crippen LogP contribution in [0.5, 0.6) is 11.5 Å². The molecule has 2 fully saturated rings. The van der Waals surface area contributed by atoms with Gasteiger partial charge in [0.05, 0.1) is 34.8 Å². The highest BCUT2D eigenvalue weighted by atomic mass is 35.5. The van der Waals surface area contributed by atoms with Crippen LogP contribution in [0, 0.1) is 0 Å². The number of hydrogen-bond acceptors (Lipinski definition) is 6. The molecule has 1 amide bonds. The van der Waals surface area contributed by atoms with Gasteiger partial charge in [0, 0.05) is 30.7 Å². The number of benzene rings is 3. The van der Waals surface area contributed by atoms with Crippen LogP contribution >= 0.6 is 11.6 Å². The number of alkyl halides is 3. The van der Waals surface area contributed by atoms with Crippen LogP contribution < -0.4 is 15.0 Å². The SMILES string of the molecule is C[C@H]1CN(C(=O)COc2ccc(Cl)cc2)CCN1Cc1nc2ccccc2c(=O)n1-c1cc(C(F)(F)F)ccc1OC1CC1. The monoisotopic (exact) mass is 626 g/mol. The third-order valence-corrected chi connectivity index (χ3v) is 8.08. The number of hydrogen-bond donors (Lipinski definition) is 0. The van der Waals surface area contributed by atoms with Gasteiger partial charge in [0.1, 0.15) is 17.3 Å². The summed E-state index contributed by atoms with van der Waals surface area (Å²) in [6, 6.07) is 16.6. The van der Waals surface area contributed by atoms with Crippen LogP contribution in [-0.2, 0) is 17.5 Å². The summed E-state index contributed by atoms with van der Waals surface area (Å²) < 4.78 is 54.4. The molecule has 1 aliphatic heterocycles. The smallest absolute Gasteiger partial charge is 0.416 e. The van der Waals surface area contributed by atoms with Gasteiger partial charge in [-0.2, -0.15) is 13.2 Å². The first-order valence-corrected chi connectivity index (χ1v) is 14.7. The summed E-state index contributed by atoms with van der Waals surface area (Å²) in [4.78, 5) is 35.4. The summed E-state index contributed by atoms with van der Waals surface area (Å²) >= 11 is 5.91. The molecule has 2 aliphatic rings. The van der Waals surface area contributed by atoms with Gasteiger partial charge >= 0.3 is 6.18 Å². The van der Waals surface area contributed by atoms with E-state index in [4.69, 9.17) is 26.1 Å². The number of ether oxygens (including phenoxy) is 2. The normalized spacial score (nSPS) is 17.6. The van der Waals surface area contributed by atoms with Crippen molar-refractivity contribution < 1.29 is 27.4 Å². The van der Waals surface area contributed by atoms with Gasteiger partial charge in [-0.05, 0) is 74.4 Å². The maximum absolute atomic E-state index is 13.9. The molecule has 3 aromatic carbocycles. The van der Waals surface area contributed by atoms with E-state index in [1.54, 1.807) is 53.4 Å². The molecule has 0 spiro atoms. The largest absolute Gasteiger partial charge is 0.488 e. The third-order valence-electron chi connectivity index (χ3n) is 7.83. The van der Waals surface area contributed by atoms with Crippen molar-refractivity contribution in [3.63, 3.8) is 0 Å². The fraction of sp³-hybridized carbons (Fsp3) is 0.344. The Kier molecular flexibility index (Phi) is 8.26. The minimum Gasteiger partial charge on any atom is -0.488 e. The van der Waals surface area contributed by atoms with Crippen LogP contribution in [0.3, 0.4) is 0 Å². The van der Waals surface area contributed by atoms with Crippen molar-refractivity contribution in [1.82, 2.24) is 19.4 Å². The number of rotatable bonds is 8. The molecule has 8 nitrogen and oxygen atoms in total. The van der Waals surface area contributed by atoms with E-state index in [1.807, 2.05) is 6.92 Å². The molecule has 0 bridgehead atoms. The standard InChI is InChI=1S/C32H30ClF3N4O4/c1-20-17-39(30(41)19-43-23-9-7-22(33)8-10-23)15-14-38(20)18-29-37-26-5-3-2-4-25(26)31(42)40(29)27-16-21(32(34,35)36)6-13-28(27)44-24-11-12-24/h2-10,13,16,20,24H,11-12,14-15,17-19H2,1H3/t20-/m0/s1. The minimum atomic E-state index is -4.62. The minimum absolute atomic E-state index is 0.00536. The first-order valence-electron chi connectivity index (χ1n) is 14.4. The molecule has 1 saturated carbocycles. The molecular weight excluding hydrogens is 597 g/mol. The summed E-state index contributed by atoms with van der Waals surface area (Å²) in [6.07, 6.45) is -3.13. The fourth-order valence-corrected chi connectivity index (χ4v) is 5.40. The van der Waals surface area contributed by atoms with E-state index in [0.717, 1.165) is 25.0 Å². The van der Waals surface area contributed by atoms with E-state index in [1.165, 1.54) is 10.6 Å². The molecule has 0 N–H and O–H groups in total. The Hall–Kier alpha value is -4.09. The van der Waals surface area contributed by atoms with Crippen LogP contribution in [0.1, 0.15) is 31.2 Å². The number of halogens is 4. The summed E-state index contributed by atoms with van der Waals surface area (Å²) in [5.74, 6) is 0.851. The zero-order chi connectivity index (χ0) is 31.0. The van der Waals surface area contributed by atoms with Crippen LogP contribution in [0.4, 0.5) is 13.2 Å². The van der Waals surface area contributed by atoms with E-state index in [0.29, 0.717) is 35.9 Å². The molecule has 1 saturated heterocycles. The van der Waals surface area contributed by atoms with Crippen molar-refractivity contribution in [1.29, 1.82) is 0 Å². The number of carbonyl (C=O) groups is 1. The maximum Gasteiger partial charge on any atom is 0.416 e. The highest BCUT2D eigenvalue weighted by molar-refractivity contribution is 6.30. The van der Waals surface area contributed by atoms with E-state index in [2.05, 4.69) is 4.90 Å². The van der Waals surface area contributed by atoms with Crippen molar-refractivity contribution in [3.05, 3.63) is 93.5 Å². The molecule has 4 aromatic rings. The van der Waals surface area contributed by atoms with E-state index in [9.17, 15) is 22.8 Å². The van der Waals surface area contributed by atoms with Crippen molar-refractivity contribution in [2.75, 3.05) is 26.2 Å². The average Bonchev–Trinajstić information content (AvgIpc) is 3.82. The highest BCUT2D eigenvalue weighted by Crippen LogP contribution is 2.37. The predicted molar refractivity (Wildman–Crippen MR) is 159 cm³/mol. The Balaban J connectivity index is 1.28. The Labute approximate surface area is 256 Å². The predicted octanol–water partition coefficient (Wildman–Crippen LogP) is 5.71. The first kappa shape index (κ1) is 30.0. The maximum atomic E-state index is 13.9.